The Morgan fingerprint density at radius 1 is 1.15 bits per heavy atom. The quantitative estimate of drug-likeness (QED) is 0.636. The van der Waals surface area contributed by atoms with Crippen molar-refractivity contribution in [2.45, 2.75) is 59.5 Å². The lowest BCUT2D eigenvalue weighted by Crippen LogP contribution is -2.24. The molecular weight excluding hydrogens is 160 g/mol. The number of hydrogen-bond acceptors (Lipinski definition) is 1. The Morgan fingerprint density at radius 2 is 1.77 bits per heavy atom. The fourth-order valence-electron chi connectivity index (χ4n) is 2.00. The Labute approximate surface area is 83.9 Å². The Morgan fingerprint density at radius 3 is 2.23 bits per heavy atom. The molecule has 1 heteroatoms. The highest BCUT2D eigenvalue weighted by Gasteiger charge is 2.23. The predicted molar refractivity (Wildman–Crippen MR) is 58.9 cm³/mol. The molecule has 0 aromatic rings. The average molecular weight is 186 g/mol. The van der Waals surface area contributed by atoms with Crippen LogP contribution < -0.4 is 0 Å². The largest absolute Gasteiger partial charge is 0.381 e. The van der Waals surface area contributed by atoms with Crippen LogP contribution in [0.3, 0.4) is 0 Å². The summed E-state index contributed by atoms with van der Waals surface area (Å²) >= 11 is 0. The van der Waals surface area contributed by atoms with Crippen molar-refractivity contribution >= 4 is 0 Å². The van der Waals surface area contributed by atoms with E-state index in [1.54, 1.807) is 0 Å². The van der Waals surface area contributed by atoms with Crippen molar-refractivity contribution in [3.05, 3.63) is 0 Å². The van der Waals surface area contributed by atoms with Gasteiger partial charge in [-0.3, -0.25) is 0 Å². The summed E-state index contributed by atoms with van der Waals surface area (Å²) in [4.78, 5) is 0. The SMILES string of the molecule is CC.COC1CCCC(C(C)C)C1. The van der Waals surface area contributed by atoms with Gasteiger partial charge < -0.3 is 4.74 Å². The topological polar surface area (TPSA) is 9.23 Å². The van der Waals surface area contributed by atoms with Crippen molar-refractivity contribution in [3.8, 4) is 0 Å². The van der Waals surface area contributed by atoms with Gasteiger partial charge in [-0.25, -0.2) is 0 Å². The van der Waals surface area contributed by atoms with Crippen molar-refractivity contribution in [1.29, 1.82) is 0 Å². The minimum absolute atomic E-state index is 0.552. The van der Waals surface area contributed by atoms with E-state index in [2.05, 4.69) is 13.8 Å². The first-order chi connectivity index (χ1) is 6.24. The van der Waals surface area contributed by atoms with E-state index in [9.17, 15) is 0 Å². The first kappa shape index (κ1) is 13.0. The molecule has 13 heavy (non-hydrogen) atoms. The van der Waals surface area contributed by atoms with E-state index in [-0.39, 0.29) is 0 Å². The molecule has 1 saturated carbocycles. The molecule has 1 aliphatic rings. The van der Waals surface area contributed by atoms with Gasteiger partial charge in [0.25, 0.3) is 0 Å². The molecule has 2 unspecified atom stereocenters. The van der Waals surface area contributed by atoms with Crippen LogP contribution in [0.25, 0.3) is 0 Å². The third-order valence-corrected chi connectivity index (χ3v) is 2.94. The second-order valence-corrected chi connectivity index (χ2v) is 4.03. The number of methoxy groups -OCH3 is 1. The van der Waals surface area contributed by atoms with Gasteiger partial charge in [-0.2, -0.15) is 0 Å². The van der Waals surface area contributed by atoms with Crippen LogP contribution in [0.1, 0.15) is 53.4 Å². The van der Waals surface area contributed by atoms with Crippen LogP contribution >= 0.6 is 0 Å². The first-order valence-corrected chi connectivity index (χ1v) is 5.76. The van der Waals surface area contributed by atoms with Crippen LogP contribution in [-0.4, -0.2) is 13.2 Å². The van der Waals surface area contributed by atoms with Gasteiger partial charge >= 0.3 is 0 Å². The standard InChI is InChI=1S/C10H20O.C2H6/c1-8(2)9-5-4-6-10(7-9)11-3;1-2/h8-10H,4-7H2,1-3H3;1-2H3. The zero-order valence-electron chi connectivity index (χ0n) is 9.97. The maximum atomic E-state index is 5.37. The summed E-state index contributed by atoms with van der Waals surface area (Å²) < 4.78 is 5.37. The fraction of sp³-hybridized carbons (Fsp3) is 1.00. The Bertz CT molecular complexity index is 110. The van der Waals surface area contributed by atoms with E-state index in [1.165, 1.54) is 25.7 Å². The maximum absolute atomic E-state index is 5.37. The zero-order valence-corrected chi connectivity index (χ0v) is 9.97. The normalized spacial score (nSPS) is 28.2. The lowest BCUT2D eigenvalue weighted by molar-refractivity contribution is 0.0408. The van der Waals surface area contributed by atoms with E-state index < -0.39 is 0 Å². The van der Waals surface area contributed by atoms with Gasteiger partial charge in [0, 0.05) is 7.11 Å². The molecule has 0 bridgehead atoms. The van der Waals surface area contributed by atoms with Crippen molar-refractivity contribution in [3.63, 3.8) is 0 Å². The number of hydrogen-bond donors (Lipinski definition) is 0. The van der Waals surface area contributed by atoms with Crippen molar-refractivity contribution < 1.29 is 4.74 Å². The maximum Gasteiger partial charge on any atom is 0.0574 e. The lowest BCUT2D eigenvalue weighted by Gasteiger charge is -2.30. The molecule has 1 aliphatic carbocycles. The van der Waals surface area contributed by atoms with Gasteiger partial charge in [0.1, 0.15) is 0 Å². The molecule has 1 rings (SSSR count). The van der Waals surface area contributed by atoms with Gasteiger partial charge in [-0.15, -0.1) is 0 Å². The predicted octanol–water partition coefficient (Wildman–Crippen LogP) is 3.87. The monoisotopic (exact) mass is 186 g/mol. The molecular formula is C12H26O. The van der Waals surface area contributed by atoms with Gasteiger partial charge in [-0.1, -0.05) is 40.5 Å². The van der Waals surface area contributed by atoms with E-state index >= 15 is 0 Å². The first-order valence-electron chi connectivity index (χ1n) is 5.76. The van der Waals surface area contributed by atoms with E-state index in [0.29, 0.717) is 6.10 Å². The van der Waals surface area contributed by atoms with Crippen molar-refractivity contribution in [2.24, 2.45) is 11.8 Å². The Hall–Kier alpha value is -0.0400. The minimum Gasteiger partial charge on any atom is -0.381 e. The molecule has 2 atom stereocenters. The van der Waals surface area contributed by atoms with Gasteiger partial charge in [-0.05, 0) is 24.7 Å². The zero-order chi connectivity index (χ0) is 10.3. The van der Waals surface area contributed by atoms with Crippen LogP contribution in [0, 0.1) is 11.8 Å². The molecule has 0 aromatic carbocycles. The third kappa shape index (κ3) is 4.66. The van der Waals surface area contributed by atoms with Gasteiger partial charge in [0.05, 0.1) is 6.10 Å². The van der Waals surface area contributed by atoms with Gasteiger partial charge in [0.15, 0.2) is 0 Å². The molecule has 0 heterocycles. The fourth-order valence-corrected chi connectivity index (χ4v) is 2.00. The molecule has 0 spiro atoms. The number of rotatable bonds is 2. The summed E-state index contributed by atoms with van der Waals surface area (Å²) in [6.07, 6.45) is 5.89. The molecule has 0 radical (unpaired) electrons. The van der Waals surface area contributed by atoms with E-state index in [4.69, 9.17) is 4.74 Å². The molecule has 1 fully saturated rings. The number of ether oxygens (including phenoxy) is 1. The van der Waals surface area contributed by atoms with Crippen LogP contribution in [-0.2, 0) is 4.74 Å². The van der Waals surface area contributed by atoms with Crippen LogP contribution in [0.4, 0.5) is 0 Å². The second kappa shape index (κ2) is 7.37. The summed E-state index contributed by atoms with van der Waals surface area (Å²) in [5.74, 6) is 1.75. The Kier molecular flexibility index (Phi) is 7.35. The molecule has 0 aliphatic heterocycles. The molecule has 0 saturated heterocycles. The molecule has 1 nitrogen and oxygen atoms in total. The van der Waals surface area contributed by atoms with E-state index in [0.717, 1.165) is 11.8 Å². The molecule has 80 valence electrons. The van der Waals surface area contributed by atoms with Crippen LogP contribution in [0.15, 0.2) is 0 Å². The molecule has 0 N–H and O–H groups in total. The average Bonchev–Trinajstić information content (AvgIpc) is 2.21. The minimum atomic E-state index is 0.552. The third-order valence-electron chi connectivity index (χ3n) is 2.94. The van der Waals surface area contributed by atoms with Crippen molar-refractivity contribution in [2.75, 3.05) is 7.11 Å². The smallest absolute Gasteiger partial charge is 0.0574 e. The Balaban J connectivity index is 0.000000671. The second-order valence-electron chi connectivity index (χ2n) is 4.03. The highest BCUT2D eigenvalue weighted by Crippen LogP contribution is 2.30. The summed E-state index contributed by atoms with van der Waals surface area (Å²) in [6.45, 7) is 8.64. The summed E-state index contributed by atoms with van der Waals surface area (Å²) in [6, 6.07) is 0. The molecule has 0 amide bonds. The van der Waals surface area contributed by atoms with Crippen molar-refractivity contribution in [1.82, 2.24) is 0 Å². The highest BCUT2D eigenvalue weighted by molar-refractivity contribution is 4.74. The van der Waals surface area contributed by atoms with Crippen LogP contribution in [0.5, 0.6) is 0 Å². The lowest BCUT2D eigenvalue weighted by atomic mass is 9.80. The summed E-state index contributed by atoms with van der Waals surface area (Å²) in [7, 11) is 1.84. The van der Waals surface area contributed by atoms with Gasteiger partial charge in [0.2, 0.25) is 0 Å². The van der Waals surface area contributed by atoms with Crippen LogP contribution in [0.2, 0.25) is 0 Å². The van der Waals surface area contributed by atoms with E-state index in [1.807, 2.05) is 21.0 Å². The highest BCUT2D eigenvalue weighted by atomic mass is 16.5. The summed E-state index contributed by atoms with van der Waals surface area (Å²) in [5, 5.41) is 0. The molecule has 0 aromatic heterocycles. The summed E-state index contributed by atoms with van der Waals surface area (Å²) in [5.41, 5.74) is 0.